The summed E-state index contributed by atoms with van der Waals surface area (Å²) in [6.07, 6.45) is 2.41. The summed E-state index contributed by atoms with van der Waals surface area (Å²) in [5.74, 6) is -0.124. The van der Waals surface area contributed by atoms with Crippen LogP contribution in [0.2, 0.25) is 0 Å². The van der Waals surface area contributed by atoms with Crippen molar-refractivity contribution in [2.75, 3.05) is 13.1 Å². The van der Waals surface area contributed by atoms with Crippen molar-refractivity contribution >= 4 is 5.91 Å². The van der Waals surface area contributed by atoms with E-state index < -0.39 is 0 Å². The van der Waals surface area contributed by atoms with E-state index in [2.05, 4.69) is 10.9 Å². The van der Waals surface area contributed by atoms with Crippen LogP contribution in [0.1, 0.15) is 30.9 Å². The smallest absolute Gasteiger partial charge is 0.241 e. The fraction of sp³-hybridized carbons (Fsp3) is 0.533. The maximum Gasteiger partial charge on any atom is 0.241 e. The zero-order valence-electron chi connectivity index (χ0n) is 11.9. The van der Waals surface area contributed by atoms with Gasteiger partial charge in [-0.25, -0.2) is 15.2 Å². The van der Waals surface area contributed by atoms with E-state index in [1.807, 2.05) is 4.90 Å². The van der Waals surface area contributed by atoms with Crippen LogP contribution in [0.5, 0.6) is 0 Å². The number of carbonyl (C=O) groups is 1. The lowest BCUT2D eigenvalue weighted by molar-refractivity contribution is -0.134. The fourth-order valence-corrected chi connectivity index (χ4v) is 2.97. The molecule has 21 heavy (non-hydrogen) atoms. The van der Waals surface area contributed by atoms with Crippen molar-refractivity contribution in [3.8, 4) is 0 Å². The molecule has 3 rings (SSSR count). The first kappa shape index (κ1) is 14.4. The van der Waals surface area contributed by atoms with E-state index in [1.54, 1.807) is 12.1 Å². The van der Waals surface area contributed by atoms with Gasteiger partial charge in [-0.2, -0.15) is 0 Å². The Bertz CT molecular complexity index is 499. The Morgan fingerprint density at radius 2 is 1.86 bits per heavy atom. The molecule has 2 aliphatic rings. The third-order valence-corrected chi connectivity index (χ3v) is 4.32. The minimum atomic E-state index is -0.248. The molecule has 2 unspecified atom stereocenters. The minimum Gasteiger partial charge on any atom is -0.341 e. The Kier molecular flexibility index (Phi) is 4.19. The monoisotopic (exact) mass is 292 g/mol. The van der Waals surface area contributed by atoms with Crippen LogP contribution < -0.4 is 16.6 Å². The summed E-state index contributed by atoms with van der Waals surface area (Å²) in [4.78, 5) is 14.3. The maximum atomic E-state index is 12.9. The topological polar surface area (TPSA) is 70.4 Å². The van der Waals surface area contributed by atoms with Crippen molar-refractivity contribution in [1.29, 1.82) is 0 Å². The number of piperidine rings is 1. The molecule has 2 aliphatic heterocycles. The van der Waals surface area contributed by atoms with E-state index >= 15 is 0 Å². The molecular weight excluding hydrogens is 271 g/mol. The van der Waals surface area contributed by atoms with E-state index in [9.17, 15) is 9.18 Å². The third-order valence-electron chi connectivity index (χ3n) is 4.32. The SMILES string of the molecule is NC1CCN(C(=O)C2CC(c3ccc(F)cc3)NN2)CC1. The number of nitrogens with two attached hydrogens (primary N) is 1. The molecule has 0 aliphatic carbocycles. The molecule has 1 aromatic rings. The molecule has 2 heterocycles. The molecule has 114 valence electrons. The van der Waals surface area contributed by atoms with Gasteiger partial charge in [-0.15, -0.1) is 0 Å². The van der Waals surface area contributed by atoms with E-state index in [4.69, 9.17) is 5.73 Å². The number of amides is 1. The first-order chi connectivity index (χ1) is 10.1. The van der Waals surface area contributed by atoms with Crippen molar-refractivity contribution in [3.05, 3.63) is 35.6 Å². The number of hydrazine groups is 1. The number of rotatable bonds is 2. The Balaban J connectivity index is 1.59. The first-order valence-corrected chi connectivity index (χ1v) is 7.44. The third kappa shape index (κ3) is 3.23. The highest BCUT2D eigenvalue weighted by molar-refractivity contribution is 5.82. The molecule has 6 heteroatoms. The van der Waals surface area contributed by atoms with E-state index in [0.717, 1.165) is 31.5 Å². The fourth-order valence-electron chi connectivity index (χ4n) is 2.97. The van der Waals surface area contributed by atoms with Gasteiger partial charge in [0, 0.05) is 25.2 Å². The lowest BCUT2D eigenvalue weighted by Gasteiger charge is -2.31. The van der Waals surface area contributed by atoms with Gasteiger partial charge in [0.25, 0.3) is 0 Å². The molecule has 0 saturated carbocycles. The summed E-state index contributed by atoms with van der Waals surface area (Å²) < 4.78 is 12.9. The first-order valence-electron chi connectivity index (χ1n) is 7.44. The molecule has 1 aromatic carbocycles. The summed E-state index contributed by atoms with van der Waals surface area (Å²) in [5.41, 5.74) is 13.0. The van der Waals surface area contributed by atoms with Crippen LogP contribution in [0, 0.1) is 5.82 Å². The Morgan fingerprint density at radius 3 is 2.52 bits per heavy atom. The number of hydrogen-bond donors (Lipinski definition) is 3. The van der Waals surface area contributed by atoms with Crippen molar-refractivity contribution in [3.63, 3.8) is 0 Å². The van der Waals surface area contributed by atoms with Gasteiger partial charge in [0.15, 0.2) is 0 Å². The second-order valence-corrected chi connectivity index (χ2v) is 5.84. The lowest BCUT2D eigenvalue weighted by Crippen LogP contribution is -2.50. The van der Waals surface area contributed by atoms with Crippen LogP contribution >= 0.6 is 0 Å². The summed E-state index contributed by atoms with van der Waals surface area (Å²) in [6.45, 7) is 1.47. The Hall–Kier alpha value is -1.50. The molecular formula is C15H21FN4O. The number of halogens is 1. The molecule has 0 bridgehead atoms. The van der Waals surface area contributed by atoms with E-state index in [1.165, 1.54) is 12.1 Å². The summed E-state index contributed by atoms with van der Waals surface area (Å²) in [6, 6.07) is 6.41. The normalized spacial score (nSPS) is 27.0. The average Bonchev–Trinajstić information content (AvgIpc) is 2.98. The quantitative estimate of drug-likeness (QED) is 0.750. The zero-order chi connectivity index (χ0) is 14.8. The molecule has 2 saturated heterocycles. The van der Waals surface area contributed by atoms with Crippen LogP contribution in [0.25, 0.3) is 0 Å². The number of nitrogens with zero attached hydrogens (tertiary/aromatic N) is 1. The number of carbonyl (C=O) groups excluding carboxylic acids is 1. The molecule has 0 spiro atoms. The highest BCUT2D eigenvalue weighted by Crippen LogP contribution is 2.24. The predicted molar refractivity (Wildman–Crippen MR) is 77.6 cm³/mol. The van der Waals surface area contributed by atoms with Gasteiger partial charge in [0.1, 0.15) is 11.9 Å². The van der Waals surface area contributed by atoms with Gasteiger partial charge in [0.2, 0.25) is 5.91 Å². The molecule has 0 aromatic heterocycles. The number of likely N-dealkylation sites (tertiary alicyclic amines) is 1. The number of hydrogen-bond acceptors (Lipinski definition) is 4. The van der Waals surface area contributed by atoms with Gasteiger partial charge < -0.3 is 10.6 Å². The van der Waals surface area contributed by atoms with Crippen molar-refractivity contribution in [2.45, 2.75) is 37.4 Å². The highest BCUT2D eigenvalue weighted by atomic mass is 19.1. The van der Waals surface area contributed by atoms with Crippen LogP contribution in [0.4, 0.5) is 4.39 Å². The largest absolute Gasteiger partial charge is 0.341 e. The van der Waals surface area contributed by atoms with Gasteiger partial charge in [-0.3, -0.25) is 4.79 Å². The molecule has 2 atom stereocenters. The van der Waals surface area contributed by atoms with Crippen LogP contribution in [0.15, 0.2) is 24.3 Å². The predicted octanol–water partition coefficient (Wildman–Crippen LogP) is 0.683. The summed E-state index contributed by atoms with van der Waals surface area (Å²) in [5, 5.41) is 0. The van der Waals surface area contributed by atoms with Crippen LogP contribution in [-0.2, 0) is 4.79 Å². The Labute approximate surface area is 123 Å². The highest BCUT2D eigenvalue weighted by Gasteiger charge is 2.33. The van der Waals surface area contributed by atoms with Crippen molar-refractivity contribution in [1.82, 2.24) is 15.8 Å². The molecule has 0 radical (unpaired) electrons. The zero-order valence-corrected chi connectivity index (χ0v) is 11.9. The van der Waals surface area contributed by atoms with Gasteiger partial charge in [-0.1, -0.05) is 12.1 Å². The number of benzene rings is 1. The van der Waals surface area contributed by atoms with Crippen molar-refractivity contribution in [2.24, 2.45) is 5.73 Å². The van der Waals surface area contributed by atoms with Crippen molar-refractivity contribution < 1.29 is 9.18 Å². The van der Waals surface area contributed by atoms with Gasteiger partial charge in [0.05, 0.1) is 0 Å². The van der Waals surface area contributed by atoms with Crippen LogP contribution in [-0.4, -0.2) is 36.0 Å². The van der Waals surface area contributed by atoms with Gasteiger partial charge in [-0.05, 0) is 37.0 Å². The number of nitrogens with one attached hydrogen (secondary N) is 2. The summed E-state index contributed by atoms with van der Waals surface area (Å²) >= 11 is 0. The minimum absolute atomic E-state index is 0.0339. The van der Waals surface area contributed by atoms with E-state index in [-0.39, 0.29) is 29.8 Å². The molecule has 1 amide bonds. The standard InChI is InChI=1S/C15H21FN4O/c16-11-3-1-10(2-4-11)13-9-14(19-18-13)15(21)20-7-5-12(17)6-8-20/h1-4,12-14,18-19H,5-9,17H2. The maximum absolute atomic E-state index is 12.9. The lowest BCUT2D eigenvalue weighted by atomic mass is 10.00. The summed E-state index contributed by atoms with van der Waals surface area (Å²) in [7, 11) is 0. The van der Waals surface area contributed by atoms with Gasteiger partial charge >= 0.3 is 0 Å². The molecule has 5 nitrogen and oxygen atoms in total. The van der Waals surface area contributed by atoms with E-state index in [0.29, 0.717) is 6.42 Å². The van der Waals surface area contributed by atoms with Crippen LogP contribution in [0.3, 0.4) is 0 Å². The molecule has 4 N–H and O–H groups in total. The Morgan fingerprint density at radius 1 is 1.19 bits per heavy atom. The second kappa shape index (κ2) is 6.09. The average molecular weight is 292 g/mol. The molecule has 2 fully saturated rings. The second-order valence-electron chi connectivity index (χ2n) is 5.84.